The third-order valence-electron chi connectivity index (χ3n) is 3.92. The van der Waals surface area contributed by atoms with Crippen LogP contribution in [0, 0.1) is 0 Å². The molecule has 1 amide bonds. The lowest BCUT2D eigenvalue weighted by molar-refractivity contribution is 0.0957. The molecule has 0 spiro atoms. The summed E-state index contributed by atoms with van der Waals surface area (Å²) in [6.07, 6.45) is 0.799. The molecule has 0 aliphatic carbocycles. The Kier molecular flexibility index (Phi) is 12.1. The number of thiophene rings is 1. The van der Waals surface area contributed by atoms with Crippen LogP contribution < -0.4 is 25.4 Å². The van der Waals surface area contributed by atoms with E-state index in [1.165, 1.54) is 11.3 Å². The van der Waals surface area contributed by atoms with Crippen LogP contribution in [0.3, 0.4) is 0 Å². The Morgan fingerprint density at radius 2 is 1.90 bits per heavy atom. The van der Waals surface area contributed by atoms with E-state index in [4.69, 9.17) is 9.47 Å². The molecule has 0 bridgehead atoms. The van der Waals surface area contributed by atoms with Crippen molar-refractivity contribution in [2.75, 3.05) is 33.9 Å². The van der Waals surface area contributed by atoms with Crippen molar-refractivity contribution in [3.05, 3.63) is 46.2 Å². The second-order valence-electron chi connectivity index (χ2n) is 5.89. The van der Waals surface area contributed by atoms with Gasteiger partial charge in [-0.15, -0.1) is 35.3 Å². The molecular weight excluding hydrogens is 503 g/mol. The molecule has 9 heteroatoms. The summed E-state index contributed by atoms with van der Waals surface area (Å²) < 4.78 is 10.6. The highest BCUT2D eigenvalue weighted by molar-refractivity contribution is 14.0. The van der Waals surface area contributed by atoms with Crippen molar-refractivity contribution in [3.63, 3.8) is 0 Å². The van der Waals surface area contributed by atoms with Crippen LogP contribution in [0.25, 0.3) is 0 Å². The molecule has 2 aromatic rings. The zero-order valence-electron chi connectivity index (χ0n) is 17.0. The Morgan fingerprint density at radius 3 is 2.55 bits per heavy atom. The number of benzene rings is 1. The first kappa shape index (κ1) is 25.0. The summed E-state index contributed by atoms with van der Waals surface area (Å²) in [5.74, 6) is 2.20. The summed E-state index contributed by atoms with van der Waals surface area (Å²) in [5, 5.41) is 11.3. The topological polar surface area (TPSA) is 84.0 Å². The Labute approximate surface area is 193 Å². The van der Waals surface area contributed by atoms with Crippen LogP contribution in [0.15, 0.2) is 40.7 Å². The van der Waals surface area contributed by atoms with Gasteiger partial charge in [-0.2, -0.15) is 0 Å². The monoisotopic (exact) mass is 532 g/mol. The largest absolute Gasteiger partial charge is 0.497 e. The second kappa shape index (κ2) is 14.0. The molecule has 0 fully saturated rings. The zero-order chi connectivity index (χ0) is 20.2. The van der Waals surface area contributed by atoms with Crippen molar-refractivity contribution < 1.29 is 14.3 Å². The average Bonchev–Trinajstić information content (AvgIpc) is 3.26. The van der Waals surface area contributed by atoms with E-state index in [1.807, 2.05) is 42.6 Å². The lowest BCUT2D eigenvalue weighted by atomic mass is 10.2. The van der Waals surface area contributed by atoms with Crippen LogP contribution in [-0.2, 0) is 6.54 Å². The number of hydrogen-bond donors (Lipinski definition) is 3. The zero-order valence-corrected chi connectivity index (χ0v) is 20.1. The van der Waals surface area contributed by atoms with Crippen molar-refractivity contribution in [1.82, 2.24) is 16.0 Å². The minimum atomic E-state index is -0.0258. The van der Waals surface area contributed by atoms with Gasteiger partial charge in [-0.05, 0) is 36.9 Å². The Bertz CT molecular complexity index is 769. The molecule has 1 heterocycles. The van der Waals surface area contributed by atoms with Crippen molar-refractivity contribution in [2.24, 2.45) is 4.99 Å². The predicted molar refractivity (Wildman–Crippen MR) is 129 cm³/mol. The van der Waals surface area contributed by atoms with Crippen LogP contribution >= 0.6 is 35.3 Å². The summed E-state index contributed by atoms with van der Waals surface area (Å²) in [6.45, 7) is 4.58. The molecule has 2 rings (SSSR count). The van der Waals surface area contributed by atoms with Crippen LogP contribution in [0.1, 0.15) is 28.6 Å². The third kappa shape index (κ3) is 8.48. The molecule has 0 aliphatic rings. The number of aliphatic imine (C=N–C) groups is 1. The van der Waals surface area contributed by atoms with Crippen LogP contribution in [-0.4, -0.2) is 45.7 Å². The summed E-state index contributed by atoms with van der Waals surface area (Å²) in [7, 11) is 3.26. The number of carbonyl (C=O) groups is 1. The number of amides is 1. The Morgan fingerprint density at radius 1 is 1.10 bits per heavy atom. The van der Waals surface area contributed by atoms with Crippen molar-refractivity contribution in [1.29, 1.82) is 0 Å². The van der Waals surface area contributed by atoms with Gasteiger partial charge in [0.2, 0.25) is 0 Å². The highest BCUT2D eigenvalue weighted by atomic mass is 127. The van der Waals surface area contributed by atoms with Crippen LogP contribution in [0.4, 0.5) is 0 Å². The number of hydrogen-bond acceptors (Lipinski definition) is 5. The summed E-state index contributed by atoms with van der Waals surface area (Å²) in [4.78, 5) is 17.2. The first-order valence-corrected chi connectivity index (χ1v) is 10.1. The first-order chi connectivity index (χ1) is 13.7. The standard InChI is InChI=1S/C20H28N4O3S.HI/c1-4-21-20(23-11-6-10-22-19(25)18-7-5-12-28-18)24-14-15-8-9-16(26-2)13-17(15)27-3;/h5,7-9,12-13H,4,6,10-11,14H2,1-3H3,(H,22,25)(H2,21,23,24);1H. The maximum Gasteiger partial charge on any atom is 0.261 e. The van der Waals surface area contributed by atoms with Crippen LogP contribution in [0.2, 0.25) is 0 Å². The molecule has 1 aromatic heterocycles. The maximum absolute atomic E-state index is 11.9. The molecule has 0 radical (unpaired) electrons. The van der Waals surface area contributed by atoms with Gasteiger partial charge in [-0.1, -0.05) is 6.07 Å². The second-order valence-corrected chi connectivity index (χ2v) is 6.83. The van der Waals surface area contributed by atoms with Gasteiger partial charge in [0.25, 0.3) is 5.91 Å². The number of guanidine groups is 1. The maximum atomic E-state index is 11.9. The highest BCUT2D eigenvalue weighted by Gasteiger charge is 2.06. The van der Waals surface area contributed by atoms with E-state index in [0.29, 0.717) is 19.6 Å². The summed E-state index contributed by atoms with van der Waals surface area (Å²) >= 11 is 1.44. The Balaban J connectivity index is 0.00000420. The van der Waals surface area contributed by atoms with E-state index in [1.54, 1.807) is 14.2 Å². The molecule has 0 saturated carbocycles. The molecule has 29 heavy (non-hydrogen) atoms. The number of nitrogens with one attached hydrogen (secondary N) is 3. The highest BCUT2D eigenvalue weighted by Crippen LogP contribution is 2.25. The number of carbonyl (C=O) groups excluding carboxylic acids is 1. The van der Waals surface area contributed by atoms with Gasteiger partial charge in [0.05, 0.1) is 25.6 Å². The fourth-order valence-corrected chi connectivity index (χ4v) is 3.12. The van der Waals surface area contributed by atoms with E-state index < -0.39 is 0 Å². The van der Waals surface area contributed by atoms with Gasteiger partial charge < -0.3 is 25.4 Å². The normalized spacial score (nSPS) is 10.7. The minimum Gasteiger partial charge on any atom is -0.497 e. The molecule has 7 nitrogen and oxygen atoms in total. The molecule has 1 aromatic carbocycles. The van der Waals surface area contributed by atoms with E-state index in [-0.39, 0.29) is 29.9 Å². The molecule has 0 aliphatic heterocycles. The molecule has 0 unspecified atom stereocenters. The summed E-state index contributed by atoms with van der Waals surface area (Å²) in [6, 6.07) is 9.38. The summed E-state index contributed by atoms with van der Waals surface area (Å²) in [5.41, 5.74) is 0.976. The third-order valence-corrected chi connectivity index (χ3v) is 4.79. The molecule has 3 N–H and O–H groups in total. The minimum absolute atomic E-state index is 0. The molecule has 0 saturated heterocycles. The lowest BCUT2D eigenvalue weighted by Crippen LogP contribution is -2.38. The smallest absolute Gasteiger partial charge is 0.261 e. The van der Waals surface area contributed by atoms with E-state index in [9.17, 15) is 4.79 Å². The molecule has 160 valence electrons. The Hall–Kier alpha value is -2.01. The SMILES string of the molecule is CCNC(=NCc1ccc(OC)cc1OC)NCCCNC(=O)c1cccs1.I. The lowest BCUT2D eigenvalue weighted by Gasteiger charge is -2.13. The van der Waals surface area contributed by atoms with Gasteiger partial charge in [-0.3, -0.25) is 4.79 Å². The number of nitrogens with zero attached hydrogens (tertiary/aromatic N) is 1. The molecule has 0 atom stereocenters. The quantitative estimate of drug-likeness (QED) is 0.190. The molecular formula is C20H29IN4O3S. The van der Waals surface area contributed by atoms with Crippen molar-refractivity contribution in [2.45, 2.75) is 19.9 Å². The number of rotatable bonds is 10. The number of halogens is 1. The van der Waals surface area contributed by atoms with Gasteiger partial charge in [0, 0.05) is 31.3 Å². The van der Waals surface area contributed by atoms with Gasteiger partial charge >= 0.3 is 0 Å². The van der Waals surface area contributed by atoms with Gasteiger partial charge in [-0.25, -0.2) is 4.99 Å². The van der Waals surface area contributed by atoms with Gasteiger partial charge in [0.15, 0.2) is 5.96 Å². The van der Waals surface area contributed by atoms with E-state index >= 15 is 0 Å². The number of ether oxygens (including phenoxy) is 2. The van der Waals surface area contributed by atoms with Crippen molar-refractivity contribution in [3.8, 4) is 11.5 Å². The number of methoxy groups -OCH3 is 2. The van der Waals surface area contributed by atoms with Crippen LogP contribution in [0.5, 0.6) is 11.5 Å². The van der Waals surface area contributed by atoms with E-state index in [2.05, 4.69) is 20.9 Å². The van der Waals surface area contributed by atoms with E-state index in [0.717, 1.165) is 40.9 Å². The predicted octanol–water partition coefficient (Wildman–Crippen LogP) is 3.26. The fraction of sp³-hybridized carbons (Fsp3) is 0.400. The first-order valence-electron chi connectivity index (χ1n) is 9.22. The van der Waals surface area contributed by atoms with Crippen molar-refractivity contribution >= 4 is 47.2 Å². The van der Waals surface area contributed by atoms with Gasteiger partial charge in [0.1, 0.15) is 11.5 Å². The average molecular weight is 532 g/mol. The fourth-order valence-electron chi connectivity index (χ4n) is 2.48.